The van der Waals surface area contributed by atoms with Crippen LogP contribution in [0.1, 0.15) is 42.9 Å². The highest BCUT2D eigenvalue weighted by molar-refractivity contribution is 7.90. The van der Waals surface area contributed by atoms with Crippen molar-refractivity contribution >= 4 is 16.0 Å². The van der Waals surface area contributed by atoms with Crippen molar-refractivity contribution in [1.29, 1.82) is 0 Å². The molecule has 1 aliphatic rings. The summed E-state index contributed by atoms with van der Waals surface area (Å²) in [6.07, 6.45) is -3.66. The SMILES string of the molecule is CCC(C)S(=O)(=O)NCc1ccc2c(c1)C(Cc1ccccc1)C(N)CO2.O=C(O)C(F)(F)F. The minimum absolute atomic E-state index is 0.0928. The van der Waals surface area contributed by atoms with Gasteiger partial charge in [0.1, 0.15) is 12.4 Å². The number of carboxylic acid groups (broad SMARTS) is 1. The molecule has 2 aromatic rings. The summed E-state index contributed by atoms with van der Waals surface area (Å²) in [5.74, 6) is -1.78. The van der Waals surface area contributed by atoms with Crippen LogP contribution in [0.2, 0.25) is 0 Å². The van der Waals surface area contributed by atoms with Crippen LogP contribution in [0.5, 0.6) is 5.75 Å². The van der Waals surface area contributed by atoms with Gasteiger partial charge in [-0.05, 0) is 42.5 Å². The van der Waals surface area contributed by atoms with Gasteiger partial charge in [0.2, 0.25) is 10.0 Å². The molecule has 188 valence electrons. The van der Waals surface area contributed by atoms with Crippen LogP contribution in [0.4, 0.5) is 13.2 Å². The monoisotopic (exact) mass is 502 g/mol. The molecule has 3 unspecified atom stereocenters. The first-order valence-electron chi connectivity index (χ1n) is 10.7. The zero-order valence-electron chi connectivity index (χ0n) is 18.9. The van der Waals surface area contributed by atoms with Crippen LogP contribution in [0.25, 0.3) is 0 Å². The molecular weight excluding hydrogens is 473 g/mol. The highest BCUT2D eigenvalue weighted by atomic mass is 32.2. The van der Waals surface area contributed by atoms with Gasteiger partial charge in [0.05, 0.1) is 5.25 Å². The van der Waals surface area contributed by atoms with E-state index < -0.39 is 27.4 Å². The van der Waals surface area contributed by atoms with Gasteiger partial charge in [0.15, 0.2) is 0 Å². The van der Waals surface area contributed by atoms with Crippen molar-refractivity contribution in [3.63, 3.8) is 0 Å². The fraction of sp³-hybridized carbons (Fsp3) is 0.435. The Morgan fingerprint density at radius 1 is 1.21 bits per heavy atom. The molecular formula is C23H29F3N2O5S. The van der Waals surface area contributed by atoms with E-state index in [0.29, 0.717) is 13.0 Å². The number of benzene rings is 2. The summed E-state index contributed by atoms with van der Waals surface area (Å²) in [6.45, 7) is 4.35. The standard InChI is InChI=1S/C21H28N2O3S.C2HF3O2/c1-3-15(2)27(24,25)23-13-17-9-10-21-19(12-17)18(20(22)14-26-21)11-16-7-5-4-6-8-16;3-2(4,5)1(6)7/h4-10,12,15,18,20,23H,3,11,13-14,22H2,1-2H3;(H,6,7). The molecule has 34 heavy (non-hydrogen) atoms. The van der Waals surface area contributed by atoms with E-state index in [1.165, 1.54) is 5.56 Å². The number of hydrogen-bond donors (Lipinski definition) is 3. The lowest BCUT2D eigenvalue weighted by atomic mass is 9.84. The van der Waals surface area contributed by atoms with E-state index in [1.54, 1.807) is 6.92 Å². The lowest BCUT2D eigenvalue weighted by Crippen LogP contribution is -2.39. The molecule has 0 saturated carbocycles. The van der Waals surface area contributed by atoms with E-state index in [1.807, 2.05) is 43.3 Å². The molecule has 0 amide bonds. The Balaban J connectivity index is 0.000000509. The number of alkyl halides is 3. The molecule has 1 aliphatic heterocycles. The van der Waals surface area contributed by atoms with Gasteiger partial charge in [0.25, 0.3) is 0 Å². The summed E-state index contributed by atoms with van der Waals surface area (Å²) in [6, 6.07) is 16.0. The number of aliphatic carboxylic acids is 1. The number of sulfonamides is 1. The second-order valence-corrected chi connectivity index (χ2v) is 10.2. The Labute approximate surface area is 197 Å². The van der Waals surface area contributed by atoms with Gasteiger partial charge in [-0.1, -0.05) is 49.4 Å². The number of rotatable bonds is 7. The molecule has 1 heterocycles. The Kier molecular flexibility index (Phi) is 9.48. The van der Waals surface area contributed by atoms with E-state index in [0.717, 1.165) is 23.3 Å². The van der Waals surface area contributed by atoms with Gasteiger partial charge < -0.3 is 15.6 Å². The number of ether oxygens (including phenoxy) is 1. The summed E-state index contributed by atoms with van der Waals surface area (Å²) in [5.41, 5.74) is 9.55. The van der Waals surface area contributed by atoms with Crippen LogP contribution in [-0.2, 0) is 27.8 Å². The maximum Gasteiger partial charge on any atom is 0.490 e. The minimum Gasteiger partial charge on any atom is -0.492 e. The summed E-state index contributed by atoms with van der Waals surface area (Å²) in [5, 5.41) is 6.72. The zero-order valence-corrected chi connectivity index (χ0v) is 19.7. The van der Waals surface area contributed by atoms with Crippen molar-refractivity contribution in [2.45, 2.75) is 56.6 Å². The third-order valence-electron chi connectivity index (χ3n) is 5.54. The largest absolute Gasteiger partial charge is 0.492 e. The maximum atomic E-state index is 12.2. The predicted molar refractivity (Wildman–Crippen MR) is 122 cm³/mol. The molecule has 2 aromatic carbocycles. The Bertz CT molecular complexity index is 1060. The van der Waals surface area contributed by atoms with E-state index in [9.17, 15) is 21.6 Å². The van der Waals surface area contributed by atoms with Crippen LogP contribution in [0.3, 0.4) is 0 Å². The second kappa shape index (κ2) is 11.7. The number of nitrogens with one attached hydrogen (secondary N) is 1. The lowest BCUT2D eigenvalue weighted by molar-refractivity contribution is -0.192. The number of carbonyl (C=O) groups is 1. The van der Waals surface area contributed by atoms with Crippen molar-refractivity contribution in [3.8, 4) is 5.75 Å². The summed E-state index contributed by atoms with van der Waals surface area (Å²) < 4.78 is 64.7. The smallest absolute Gasteiger partial charge is 0.490 e. The van der Waals surface area contributed by atoms with E-state index >= 15 is 0 Å². The third kappa shape index (κ3) is 7.71. The first-order chi connectivity index (χ1) is 15.8. The Hall–Kier alpha value is -2.63. The van der Waals surface area contributed by atoms with Crippen LogP contribution in [0, 0.1) is 0 Å². The number of halogens is 3. The molecule has 0 fully saturated rings. The average Bonchev–Trinajstić information content (AvgIpc) is 2.79. The summed E-state index contributed by atoms with van der Waals surface area (Å²) in [4.78, 5) is 8.90. The highest BCUT2D eigenvalue weighted by Crippen LogP contribution is 2.36. The van der Waals surface area contributed by atoms with E-state index in [2.05, 4.69) is 16.9 Å². The molecule has 0 aliphatic carbocycles. The van der Waals surface area contributed by atoms with Gasteiger partial charge in [0, 0.05) is 18.5 Å². The molecule has 11 heteroatoms. The van der Waals surface area contributed by atoms with Crippen molar-refractivity contribution < 1.29 is 36.2 Å². The van der Waals surface area contributed by atoms with Crippen molar-refractivity contribution in [2.24, 2.45) is 5.73 Å². The van der Waals surface area contributed by atoms with Crippen molar-refractivity contribution in [2.75, 3.05) is 6.61 Å². The van der Waals surface area contributed by atoms with Gasteiger partial charge >= 0.3 is 12.1 Å². The second-order valence-electron chi connectivity index (χ2n) is 8.03. The van der Waals surface area contributed by atoms with Gasteiger partial charge in [-0.15, -0.1) is 0 Å². The Morgan fingerprint density at radius 3 is 2.38 bits per heavy atom. The molecule has 0 radical (unpaired) electrons. The fourth-order valence-corrected chi connectivity index (χ4v) is 4.43. The normalized spacial score (nSPS) is 18.6. The molecule has 3 atom stereocenters. The first kappa shape index (κ1) is 27.6. The molecule has 3 rings (SSSR count). The molecule has 0 bridgehead atoms. The summed E-state index contributed by atoms with van der Waals surface area (Å²) >= 11 is 0. The number of hydrogen-bond acceptors (Lipinski definition) is 5. The Morgan fingerprint density at radius 2 is 1.82 bits per heavy atom. The maximum absolute atomic E-state index is 12.2. The van der Waals surface area contributed by atoms with Crippen LogP contribution >= 0.6 is 0 Å². The van der Waals surface area contributed by atoms with Gasteiger partial charge in [-0.2, -0.15) is 13.2 Å². The number of nitrogens with two attached hydrogens (primary N) is 1. The third-order valence-corrected chi connectivity index (χ3v) is 7.48. The molecule has 4 N–H and O–H groups in total. The van der Waals surface area contributed by atoms with Crippen LogP contribution in [-0.4, -0.2) is 43.6 Å². The minimum atomic E-state index is -5.08. The molecule has 0 saturated heterocycles. The van der Waals surface area contributed by atoms with Gasteiger partial charge in [-0.25, -0.2) is 17.9 Å². The zero-order chi connectivity index (χ0) is 25.5. The lowest BCUT2D eigenvalue weighted by Gasteiger charge is -2.32. The van der Waals surface area contributed by atoms with E-state index in [-0.39, 0.29) is 18.5 Å². The topological polar surface area (TPSA) is 119 Å². The molecule has 7 nitrogen and oxygen atoms in total. The fourth-order valence-electron chi connectivity index (χ4n) is 3.34. The average molecular weight is 503 g/mol. The quantitative estimate of drug-likeness (QED) is 0.533. The molecule has 0 spiro atoms. The van der Waals surface area contributed by atoms with Crippen LogP contribution < -0.4 is 15.2 Å². The van der Waals surface area contributed by atoms with Crippen LogP contribution in [0.15, 0.2) is 48.5 Å². The number of carboxylic acids is 1. The highest BCUT2D eigenvalue weighted by Gasteiger charge is 2.38. The van der Waals surface area contributed by atoms with Crippen molar-refractivity contribution in [3.05, 3.63) is 65.2 Å². The number of fused-ring (bicyclic) bond motifs is 1. The molecule has 0 aromatic heterocycles. The van der Waals surface area contributed by atoms with E-state index in [4.69, 9.17) is 20.4 Å². The van der Waals surface area contributed by atoms with Crippen molar-refractivity contribution in [1.82, 2.24) is 4.72 Å². The summed E-state index contributed by atoms with van der Waals surface area (Å²) in [7, 11) is -3.31. The first-order valence-corrected chi connectivity index (χ1v) is 12.2. The van der Waals surface area contributed by atoms with Gasteiger partial charge in [-0.3, -0.25) is 0 Å². The predicted octanol–water partition coefficient (Wildman–Crippen LogP) is 3.58.